The molecule has 1 saturated heterocycles. The number of anilines is 1. The average molecular weight is 261 g/mol. The summed E-state index contributed by atoms with van der Waals surface area (Å²) in [5, 5.41) is 3.16. The number of amides is 1. The van der Waals surface area contributed by atoms with Crippen LogP contribution >= 0.6 is 0 Å². The zero-order valence-corrected chi connectivity index (χ0v) is 11.8. The number of hydrogen-bond donors (Lipinski definition) is 1. The molecule has 1 unspecified atom stereocenters. The number of carbonyl (C=O) groups excluding carboxylic acids is 1. The number of para-hydroxylation sites is 1. The van der Waals surface area contributed by atoms with Crippen LogP contribution in [0.25, 0.3) is 0 Å². The Hall–Kier alpha value is -1.55. The zero-order valence-electron chi connectivity index (χ0n) is 11.8. The van der Waals surface area contributed by atoms with Crippen molar-refractivity contribution in [2.75, 3.05) is 39.0 Å². The van der Waals surface area contributed by atoms with E-state index < -0.39 is 0 Å². The Bertz CT molecular complexity index is 407. The molecule has 0 radical (unpaired) electrons. The van der Waals surface area contributed by atoms with Gasteiger partial charge in [-0.15, -0.1) is 0 Å². The van der Waals surface area contributed by atoms with Crippen LogP contribution in [0.15, 0.2) is 30.3 Å². The smallest absolute Gasteiger partial charge is 0.241 e. The minimum absolute atomic E-state index is 0.143. The molecule has 0 bridgehead atoms. The standard InChI is InChI=1S/C15H23N3O/c1-17-10-6-9-14(17)12-18(2)15(19)11-16-13-7-4-3-5-8-13/h3-5,7-8,14,16H,6,9-12H2,1-2H3. The Balaban J connectivity index is 1.76. The van der Waals surface area contributed by atoms with E-state index in [-0.39, 0.29) is 5.91 Å². The second-order valence-electron chi connectivity index (χ2n) is 5.27. The molecule has 0 aliphatic carbocycles. The molecule has 0 spiro atoms. The van der Waals surface area contributed by atoms with Gasteiger partial charge in [0.05, 0.1) is 6.54 Å². The van der Waals surface area contributed by atoms with E-state index in [9.17, 15) is 4.79 Å². The van der Waals surface area contributed by atoms with E-state index in [2.05, 4.69) is 17.3 Å². The van der Waals surface area contributed by atoms with Crippen LogP contribution in [0.5, 0.6) is 0 Å². The maximum absolute atomic E-state index is 12.1. The molecule has 104 valence electrons. The van der Waals surface area contributed by atoms with E-state index in [0.717, 1.165) is 18.8 Å². The molecule has 1 amide bonds. The van der Waals surface area contributed by atoms with Crippen molar-refractivity contribution >= 4 is 11.6 Å². The normalized spacial score (nSPS) is 19.4. The van der Waals surface area contributed by atoms with E-state index >= 15 is 0 Å². The summed E-state index contributed by atoms with van der Waals surface area (Å²) in [6, 6.07) is 10.4. The summed E-state index contributed by atoms with van der Waals surface area (Å²) in [5.74, 6) is 0.143. The number of carbonyl (C=O) groups is 1. The highest BCUT2D eigenvalue weighted by molar-refractivity contribution is 5.80. The largest absolute Gasteiger partial charge is 0.376 e. The van der Waals surface area contributed by atoms with Crippen molar-refractivity contribution < 1.29 is 4.79 Å². The minimum atomic E-state index is 0.143. The Labute approximate surface area is 115 Å². The van der Waals surface area contributed by atoms with Gasteiger partial charge in [-0.1, -0.05) is 18.2 Å². The van der Waals surface area contributed by atoms with E-state index in [1.54, 1.807) is 0 Å². The monoisotopic (exact) mass is 261 g/mol. The summed E-state index contributed by atoms with van der Waals surface area (Å²) in [6.07, 6.45) is 2.44. The van der Waals surface area contributed by atoms with Crippen molar-refractivity contribution in [2.45, 2.75) is 18.9 Å². The van der Waals surface area contributed by atoms with E-state index in [1.807, 2.05) is 42.3 Å². The number of hydrogen-bond acceptors (Lipinski definition) is 3. The van der Waals surface area contributed by atoms with Gasteiger partial charge in [-0.2, -0.15) is 0 Å². The summed E-state index contributed by atoms with van der Waals surface area (Å²) in [5.41, 5.74) is 0.988. The van der Waals surface area contributed by atoms with Crippen molar-refractivity contribution in [3.63, 3.8) is 0 Å². The van der Waals surface area contributed by atoms with Crippen LogP contribution in [0.1, 0.15) is 12.8 Å². The molecule has 4 nitrogen and oxygen atoms in total. The Kier molecular flexibility index (Phi) is 4.80. The minimum Gasteiger partial charge on any atom is -0.376 e. The third kappa shape index (κ3) is 3.96. The number of nitrogens with zero attached hydrogens (tertiary/aromatic N) is 2. The van der Waals surface area contributed by atoms with Crippen molar-refractivity contribution in [1.82, 2.24) is 9.80 Å². The molecule has 1 aromatic rings. The first-order chi connectivity index (χ1) is 9.16. The van der Waals surface area contributed by atoms with Crippen molar-refractivity contribution in [1.29, 1.82) is 0 Å². The molecule has 1 fully saturated rings. The summed E-state index contributed by atoms with van der Waals surface area (Å²) in [6.45, 7) is 2.33. The molecule has 0 aromatic heterocycles. The molecule has 1 N–H and O–H groups in total. The fourth-order valence-electron chi connectivity index (χ4n) is 2.50. The van der Waals surface area contributed by atoms with Gasteiger partial charge in [-0.3, -0.25) is 4.79 Å². The van der Waals surface area contributed by atoms with Crippen LogP contribution < -0.4 is 5.32 Å². The molecule has 19 heavy (non-hydrogen) atoms. The maximum atomic E-state index is 12.1. The number of nitrogens with one attached hydrogen (secondary N) is 1. The molecule has 1 aliphatic heterocycles. The van der Waals surface area contributed by atoms with Crippen molar-refractivity contribution in [2.24, 2.45) is 0 Å². The summed E-state index contributed by atoms with van der Waals surface area (Å²) in [4.78, 5) is 16.2. The van der Waals surface area contributed by atoms with Crippen LogP contribution in [-0.2, 0) is 4.79 Å². The Morgan fingerprint density at radius 2 is 2.16 bits per heavy atom. The average Bonchev–Trinajstić information content (AvgIpc) is 2.82. The molecule has 0 saturated carbocycles. The van der Waals surface area contributed by atoms with E-state index in [0.29, 0.717) is 12.6 Å². The summed E-state index contributed by atoms with van der Waals surface area (Å²) in [7, 11) is 4.03. The fraction of sp³-hybridized carbons (Fsp3) is 0.533. The molecule has 2 rings (SSSR count). The van der Waals surface area contributed by atoms with Gasteiger partial charge in [0.2, 0.25) is 5.91 Å². The highest BCUT2D eigenvalue weighted by Gasteiger charge is 2.23. The number of benzene rings is 1. The molecular weight excluding hydrogens is 238 g/mol. The first kappa shape index (κ1) is 13.9. The first-order valence-corrected chi connectivity index (χ1v) is 6.90. The lowest BCUT2D eigenvalue weighted by Gasteiger charge is -2.26. The van der Waals surface area contributed by atoms with Crippen LogP contribution in [0.2, 0.25) is 0 Å². The molecule has 4 heteroatoms. The van der Waals surface area contributed by atoms with Crippen LogP contribution in [0, 0.1) is 0 Å². The van der Waals surface area contributed by atoms with Gasteiger partial charge in [0.25, 0.3) is 0 Å². The predicted molar refractivity (Wildman–Crippen MR) is 78.2 cm³/mol. The SMILES string of the molecule is CN(CC1CCCN1C)C(=O)CNc1ccccc1. The number of rotatable bonds is 5. The van der Waals surface area contributed by atoms with Crippen LogP contribution in [-0.4, -0.2) is 55.5 Å². The first-order valence-electron chi connectivity index (χ1n) is 6.90. The van der Waals surface area contributed by atoms with E-state index in [1.165, 1.54) is 12.8 Å². The maximum Gasteiger partial charge on any atom is 0.241 e. The number of likely N-dealkylation sites (N-methyl/N-ethyl adjacent to an activating group) is 2. The molecule has 1 heterocycles. The van der Waals surface area contributed by atoms with Crippen molar-refractivity contribution in [3.05, 3.63) is 30.3 Å². The molecule has 1 aliphatic rings. The summed E-state index contributed by atoms with van der Waals surface area (Å²) < 4.78 is 0. The van der Waals surface area contributed by atoms with Crippen molar-refractivity contribution in [3.8, 4) is 0 Å². The van der Waals surface area contributed by atoms with Gasteiger partial charge < -0.3 is 15.1 Å². The lowest BCUT2D eigenvalue weighted by Crippen LogP contribution is -2.41. The molecule has 1 aromatic carbocycles. The van der Waals surface area contributed by atoms with E-state index in [4.69, 9.17) is 0 Å². The topological polar surface area (TPSA) is 35.6 Å². The molecule has 1 atom stereocenters. The van der Waals surface area contributed by atoms with Gasteiger partial charge in [0, 0.05) is 25.3 Å². The van der Waals surface area contributed by atoms with Crippen LogP contribution in [0.3, 0.4) is 0 Å². The Morgan fingerprint density at radius 1 is 1.42 bits per heavy atom. The third-order valence-corrected chi connectivity index (χ3v) is 3.80. The fourth-order valence-corrected chi connectivity index (χ4v) is 2.50. The highest BCUT2D eigenvalue weighted by atomic mass is 16.2. The van der Waals surface area contributed by atoms with Crippen LogP contribution in [0.4, 0.5) is 5.69 Å². The second kappa shape index (κ2) is 6.57. The lowest BCUT2D eigenvalue weighted by molar-refractivity contribution is -0.128. The van der Waals surface area contributed by atoms with Gasteiger partial charge in [-0.25, -0.2) is 0 Å². The third-order valence-electron chi connectivity index (χ3n) is 3.80. The van der Waals surface area contributed by atoms with Gasteiger partial charge >= 0.3 is 0 Å². The highest BCUT2D eigenvalue weighted by Crippen LogP contribution is 2.15. The van der Waals surface area contributed by atoms with Gasteiger partial charge in [0.1, 0.15) is 0 Å². The predicted octanol–water partition coefficient (Wildman–Crippen LogP) is 1.65. The number of likely N-dealkylation sites (tertiary alicyclic amines) is 1. The quantitative estimate of drug-likeness (QED) is 0.875. The lowest BCUT2D eigenvalue weighted by atomic mass is 10.2. The molecular formula is C15H23N3O. The van der Waals surface area contributed by atoms with Gasteiger partial charge in [0.15, 0.2) is 0 Å². The summed E-state index contributed by atoms with van der Waals surface area (Å²) >= 11 is 0. The van der Waals surface area contributed by atoms with Gasteiger partial charge in [-0.05, 0) is 38.6 Å². The zero-order chi connectivity index (χ0) is 13.7. The Morgan fingerprint density at radius 3 is 2.79 bits per heavy atom. The second-order valence-corrected chi connectivity index (χ2v) is 5.27.